The fourth-order valence-corrected chi connectivity index (χ4v) is 7.19. The van der Waals surface area contributed by atoms with Crippen molar-refractivity contribution >= 4 is 54.1 Å². The molecule has 6 aromatic carbocycles. The Labute approximate surface area is 257 Å². The molecule has 0 aliphatic rings. The Morgan fingerprint density at radius 3 is 2.02 bits per heavy atom. The number of fused-ring (bicyclic) bond motifs is 5. The Bertz CT molecular complexity index is 2470. The molecule has 0 amide bonds. The lowest BCUT2D eigenvalue weighted by Crippen LogP contribution is -1.95. The van der Waals surface area contributed by atoms with Gasteiger partial charge in [0.2, 0.25) is 0 Å². The first-order valence-electron chi connectivity index (χ1n) is 14.7. The molecule has 0 spiro atoms. The zero-order valence-electron chi connectivity index (χ0n) is 23.6. The smallest absolute Gasteiger partial charge is 0.164 e. The molecule has 0 aliphatic carbocycles. The highest BCUT2D eigenvalue weighted by molar-refractivity contribution is 7.22. The van der Waals surface area contributed by atoms with E-state index in [2.05, 4.69) is 127 Å². The third-order valence-electron chi connectivity index (χ3n) is 8.33. The van der Waals surface area contributed by atoms with Crippen LogP contribution in [0.1, 0.15) is 0 Å². The lowest BCUT2D eigenvalue weighted by atomic mass is 9.97. The van der Waals surface area contributed by atoms with Crippen molar-refractivity contribution in [2.75, 3.05) is 0 Å². The van der Waals surface area contributed by atoms with Gasteiger partial charge in [0.1, 0.15) is 11.2 Å². The number of aromatic nitrogens is 2. The van der Waals surface area contributed by atoms with E-state index in [4.69, 9.17) is 14.4 Å². The molecular weight excluding hydrogens is 557 g/mol. The first-order chi connectivity index (χ1) is 21.8. The van der Waals surface area contributed by atoms with Crippen LogP contribution in [0.5, 0.6) is 0 Å². The van der Waals surface area contributed by atoms with Gasteiger partial charge in [0, 0.05) is 21.0 Å². The average molecular weight is 581 g/mol. The summed E-state index contributed by atoms with van der Waals surface area (Å²) in [5, 5.41) is 5.86. The van der Waals surface area contributed by atoms with Crippen LogP contribution in [0.25, 0.3) is 87.1 Å². The lowest BCUT2D eigenvalue weighted by Gasteiger charge is -2.10. The van der Waals surface area contributed by atoms with Crippen LogP contribution in [-0.2, 0) is 0 Å². The second-order valence-corrected chi connectivity index (χ2v) is 12.1. The summed E-state index contributed by atoms with van der Waals surface area (Å²) in [4.78, 5) is 11.4. The van der Waals surface area contributed by atoms with Gasteiger partial charge >= 0.3 is 0 Å². The number of benzene rings is 6. The zero-order valence-corrected chi connectivity index (χ0v) is 24.4. The molecular formula is C40H24N2OS. The molecule has 0 radical (unpaired) electrons. The minimum absolute atomic E-state index is 0.651. The van der Waals surface area contributed by atoms with Gasteiger partial charge in [-0.05, 0) is 57.6 Å². The van der Waals surface area contributed by atoms with E-state index in [1.807, 2.05) is 18.2 Å². The summed E-state index contributed by atoms with van der Waals surface area (Å²) in [5.41, 5.74) is 7.76. The number of para-hydroxylation sites is 2. The predicted molar refractivity (Wildman–Crippen MR) is 184 cm³/mol. The van der Waals surface area contributed by atoms with E-state index in [9.17, 15) is 0 Å². The number of thiophene rings is 1. The van der Waals surface area contributed by atoms with Crippen LogP contribution in [0.15, 0.2) is 150 Å². The molecule has 4 heteroatoms. The van der Waals surface area contributed by atoms with E-state index in [-0.39, 0.29) is 0 Å². The molecule has 0 unspecified atom stereocenters. The minimum Gasteiger partial charge on any atom is -0.455 e. The first kappa shape index (κ1) is 25.0. The summed E-state index contributed by atoms with van der Waals surface area (Å²) in [7, 11) is 0. The van der Waals surface area contributed by atoms with Gasteiger partial charge in [-0.1, -0.05) is 115 Å². The maximum atomic E-state index is 6.40. The molecule has 9 rings (SSSR count). The van der Waals surface area contributed by atoms with Crippen molar-refractivity contribution in [1.29, 1.82) is 0 Å². The van der Waals surface area contributed by atoms with E-state index < -0.39 is 0 Å². The molecule has 0 saturated carbocycles. The van der Waals surface area contributed by atoms with Crippen LogP contribution in [0.3, 0.4) is 0 Å². The third-order valence-corrected chi connectivity index (χ3v) is 9.47. The molecule has 0 fully saturated rings. The van der Waals surface area contributed by atoms with Crippen molar-refractivity contribution in [1.82, 2.24) is 9.97 Å². The van der Waals surface area contributed by atoms with E-state index in [0.717, 1.165) is 49.3 Å². The topological polar surface area (TPSA) is 38.9 Å². The van der Waals surface area contributed by atoms with Gasteiger partial charge in [0.25, 0.3) is 0 Å². The second-order valence-electron chi connectivity index (χ2n) is 11.0. The number of hydrogen-bond donors (Lipinski definition) is 0. The van der Waals surface area contributed by atoms with Gasteiger partial charge in [0.15, 0.2) is 5.82 Å². The van der Waals surface area contributed by atoms with Crippen molar-refractivity contribution < 1.29 is 4.42 Å². The molecule has 206 valence electrons. The summed E-state index contributed by atoms with van der Waals surface area (Å²) in [6.07, 6.45) is 0. The van der Waals surface area contributed by atoms with Crippen molar-refractivity contribution in [2.45, 2.75) is 0 Å². The number of hydrogen-bond acceptors (Lipinski definition) is 4. The normalized spacial score (nSPS) is 11.6. The Hall–Kier alpha value is -5.58. The summed E-state index contributed by atoms with van der Waals surface area (Å²) in [6, 6.07) is 50.9. The minimum atomic E-state index is 0.651. The summed E-state index contributed by atoms with van der Waals surface area (Å²) in [5.74, 6) is 0.651. The first-order valence-corrected chi connectivity index (χ1v) is 15.5. The van der Waals surface area contributed by atoms with Crippen molar-refractivity contribution in [2.24, 2.45) is 0 Å². The summed E-state index contributed by atoms with van der Waals surface area (Å²) < 4.78 is 7.64. The van der Waals surface area contributed by atoms with Gasteiger partial charge in [-0.25, -0.2) is 9.97 Å². The quantitative estimate of drug-likeness (QED) is 0.208. The summed E-state index contributed by atoms with van der Waals surface area (Å²) >= 11 is 1.75. The molecule has 3 heterocycles. The van der Waals surface area contributed by atoms with Crippen LogP contribution in [-0.4, -0.2) is 9.97 Å². The molecule has 0 aliphatic heterocycles. The fourth-order valence-electron chi connectivity index (χ4n) is 6.17. The maximum Gasteiger partial charge on any atom is 0.164 e. The van der Waals surface area contributed by atoms with Gasteiger partial charge in [-0.2, -0.15) is 0 Å². The Balaban J connectivity index is 1.22. The Morgan fingerprint density at radius 1 is 0.477 bits per heavy atom. The van der Waals surface area contributed by atoms with E-state index in [1.54, 1.807) is 11.3 Å². The fraction of sp³-hybridized carbons (Fsp3) is 0. The summed E-state index contributed by atoms with van der Waals surface area (Å²) in [6.45, 7) is 0. The van der Waals surface area contributed by atoms with Crippen molar-refractivity contribution in [3.05, 3.63) is 146 Å². The van der Waals surface area contributed by atoms with E-state index >= 15 is 0 Å². The highest BCUT2D eigenvalue weighted by atomic mass is 32.1. The van der Waals surface area contributed by atoms with Crippen LogP contribution in [0.2, 0.25) is 0 Å². The third kappa shape index (κ3) is 4.11. The molecule has 44 heavy (non-hydrogen) atoms. The molecule has 0 atom stereocenters. The van der Waals surface area contributed by atoms with Crippen LogP contribution < -0.4 is 0 Å². The SMILES string of the molecule is c1ccc2sc(-c3cc(-c4ccc(-c5cccc6ccccc56)cc4)nc(-c4cccc5c4oc4ccccc45)n3)cc2c1. The lowest BCUT2D eigenvalue weighted by molar-refractivity contribution is 0.669. The monoisotopic (exact) mass is 580 g/mol. The maximum absolute atomic E-state index is 6.40. The molecule has 3 aromatic heterocycles. The highest BCUT2D eigenvalue weighted by Gasteiger charge is 2.17. The van der Waals surface area contributed by atoms with Crippen LogP contribution in [0.4, 0.5) is 0 Å². The number of furan rings is 1. The van der Waals surface area contributed by atoms with Gasteiger partial charge < -0.3 is 4.42 Å². The van der Waals surface area contributed by atoms with Gasteiger partial charge in [-0.3, -0.25) is 0 Å². The van der Waals surface area contributed by atoms with Crippen LogP contribution >= 0.6 is 11.3 Å². The molecule has 9 aromatic rings. The molecule has 0 bridgehead atoms. The number of rotatable bonds is 4. The molecule has 0 saturated heterocycles. The zero-order chi connectivity index (χ0) is 29.0. The molecule has 0 N–H and O–H groups in total. The van der Waals surface area contributed by atoms with Crippen LogP contribution in [0, 0.1) is 0 Å². The Kier molecular flexibility index (Phi) is 5.68. The van der Waals surface area contributed by atoms with Crippen molar-refractivity contribution in [3.63, 3.8) is 0 Å². The standard InChI is InChI=1S/C40H24N2OS/c1-3-12-29-25(9-1)11-7-14-30(29)26-19-21-27(22-20-26)34-24-35(38-23-28-10-2-6-18-37(28)44-38)42-40(41-34)33-16-8-15-32-31-13-4-5-17-36(31)43-39(32)33/h1-24H. The predicted octanol–water partition coefficient (Wildman–Crippen LogP) is 11.4. The van der Waals surface area contributed by atoms with Gasteiger partial charge in [-0.15, -0.1) is 11.3 Å². The second kappa shape index (κ2) is 10.0. The highest BCUT2D eigenvalue weighted by Crippen LogP contribution is 2.39. The Morgan fingerprint density at radius 2 is 1.14 bits per heavy atom. The van der Waals surface area contributed by atoms with Gasteiger partial charge in [0.05, 0.1) is 21.8 Å². The average Bonchev–Trinajstić information content (AvgIpc) is 3.70. The van der Waals surface area contributed by atoms with E-state index in [1.165, 1.54) is 32.0 Å². The van der Waals surface area contributed by atoms with E-state index in [0.29, 0.717) is 5.82 Å². The molecule has 3 nitrogen and oxygen atoms in total. The van der Waals surface area contributed by atoms with Crippen molar-refractivity contribution in [3.8, 4) is 44.3 Å². The largest absolute Gasteiger partial charge is 0.455 e. The number of nitrogens with zero attached hydrogens (tertiary/aromatic N) is 2.